The first-order chi connectivity index (χ1) is 11.0. The van der Waals surface area contributed by atoms with Crippen molar-refractivity contribution in [3.63, 3.8) is 0 Å². The molecule has 0 radical (unpaired) electrons. The average molecular weight is 332 g/mol. The number of ether oxygens (including phenoxy) is 1. The van der Waals surface area contributed by atoms with Crippen molar-refractivity contribution < 1.29 is 18.3 Å². The highest BCUT2D eigenvalue weighted by Gasteiger charge is 2.10. The molecule has 1 aromatic carbocycles. The third-order valence-electron chi connectivity index (χ3n) is 3.37. The monoisotopic (exact) mass is 332 g/mol. The van der Waals surface area contributed by atoms with E-state index in [9.17, 15) is 13.6 Å². The van der Waals surface area contributed by atoms with E-state index in [1.54, 1.807) is 19.1 Å². The van der Waals surface area contributed by atoms with Gasteiger partial charge in [-0.15, -0.1) is 0 Å². The number of hydrogen-bond acceptors (Lipinski definition) is 5. The number of carbonyl (C=O) groups excluding carboxylic acids is 1. The lowest BCUT2D eigenvalue weighted by molar-refractivity contribution is 0.112. The number of aromatic nitrogens is 1. The van der Waals surface area contributed by atoms with Crippen LogP contribution >= 0.6 is 0 Å². The summed E-state index contributed by atoms with van der Waals surface area (Å²) in [5.41, 5.74) is 3.05. The van der Waals surface area contributed by atoms with Crippen LogP contribution in [0.4, 0.5) is 0 Å². The van der Waals surface area contributed by atoms with Crippen LogP contribution in [0.25, 0.3) is 11.1 Å². The van der Waals surface area contributed by atoms with Gasteiger partial charge >= 0.3 is 0 Å². The maximum Gasteiger partial charge on any atom is 0.213 e. The van der Waals surface area contributed by atoms with Crippen LogP contribution in [0.2, 0.25) is 0 Å². The van der Waals surface area contributed by atoms with Crippen molar-refractivity contribution in [3.8, 4) is 17.0 Å². The Hall–Kier alpha value is -2.05. The summed E-state index contributed by atoms with van der Waals surface area (Å²) in [5, 5.41) is 0. The van der Waals surface area contributed by atoms with Crippen molar-refractivity contribution in [3.05, 3.63) is 47.7 Å². The molecule has 0 fully saturated rings. The Bertz CT molecular complexity index is 717. The van der Waals surface area contributed by atoms with E-state index < -0.39 is 11.1 Å². The molecule has 2 atom stereocenters. The van der Waals surface area contributed by atoms with Crippen LogP contribution in [0.15, 0.2) is 36.4 Å². The molecule has 122 valence electrons. The van der Waals surface area contributed by atoms with Crippen LogP contribution in [-0.2, 0) is 11.1 Å². The summed E-state index contributed by atoms with van der Waals surface area (Å²) in [4.78, 5) is 15.5. The maximum atomic E-state index is 11.1. The standard InChI is InChI=1S/C17H19NO4S/c1-12(11-23(20)21)10-22-17-8-7-15(13(2)18-17)16-6-4-3-5-14(16)9-19/h3-9,12H,10-11H2,1-2H3,(H,20,21)/p-1. The summed E-state index contributed by atoms with van der Waals surface area (Å²) in [5.74, 6) is 0.397. The molecule has 23 heavy (non-hydrogen) atoms. The highest BCUT2D eigenvalue weighted by atomic mass is 32.2. The molecule has 2 rings (SSSR count). The molecule has 0 aliphatic carbocycles. The van der Waals surface area contributed by atoms with E-state index in [2.05, 4.69) is 4.98 Å². The Morgan fingerprint density at radius 3 is 2.65 bits per heavy atom. The van der Waals surface area contributed by atoms with Crippen LogP contribution in [0, 0.1) is 12.8 Å². The lowest BCUT2D eigenvalue weighted by Crippen LogP contribution is -2.16. The Morgan fingerprint density at radius 1 is 1.26 bits per heavy atom. The molecule has 0 saturated heterocycles. The number of rotatable bonds is 7. The SMILES string of the molecule is Cc1nc(OCC(C)CS(=O)[O-])ccc1-c1ccccc1C=O. The molecule has 6 heteroatoms. The van der Waals surface area contributed by atoms with E-state index in [0.717, 1.165) is 23.1 Å². The van der Waals surface area contributed by atoms with Gasteiger partial charge in [-0.25, -0.2) is 4.98 Å². The zero-order chi connectivity index (χ0) is 16.8. The second kappa shape index (κ2) is 7.99. The summed E-state index contributed by atoms with van der Waals surface area (Å²) in [7, 11) is 0. The van der Waals surface area contributed by atoms with Gasteiger partial charge in [-0.3, -0.25) is 9.00 Å². The number of aldehydes is 1. The fourth-order valence-electron chi connectivity index (χ4n) is 2.26. The van der Waals surface area contributed by atoms with Gasteiger partial charge < -0.3 is 9.29 Å². The maximum absolute atomic E-state index is 11.1. The summed E-state index contributed by atoms with van der Waals surface area (Å²) >= 11 is -2.07. The largest absolute Gasteiger partial charge is 0.772 e. The highest BCUT2D eigenvalue weighted by Crippen LogP contribution is 2.26. The minimum absolute atomic E-state index is 0.0593. The Labute approximate surface area is 138 Å². The van der Waals surface area contributed by atoms with Crippen molar-refractivity contribution in [2.45, 2.75) is 13.8 Å². The molecule has 0 amide bonds. The van der Waals surface area contributed by atoms with Gasteiger partial charge in [-0.05, 0) is 18.6 Å². The normalized spacial score (nSPS) is 13.3. The van der Waals surface area contributed by atoms with E-state index in [4.69, 9.17) is 4.74 Å². The molecule has 2 aromatic rings. The summed E-state index contributed by atoms with van der Waals surface area (Å²) in [6.45, 7) is 3.93. The van der Waals surface area contributed by atoms with Gasteiger partial charge in [0.05, 0.1) is 6.61 Å². The van der Waals surface area contributed by atoms with E-state index in [-0.39, 0.29) is 18.3 Å². The molecule has 1 heterocycles. The third kappa shape index (κ3) is 4.71. The van der Waals surface area contributed by atoms with Crippen LogP contribution in [0.3, 0.4) is 0 Å². The number of carbonyl (C=O) groups is 1. The Morgan fingerprint density at radius 2 is 2.00 bits per heavy atom. The Balaban J connectivity index is 2.15. The van der Waals surface area contributed by atoms with Crippen LogP contribution in [0.5, 0.6) is 5.88 Å². The van der Waals surface area contributed by atoms with Crippen molar-refractivity contribution in [2.24, 2.45) is 5.92 Å². The molecule has 0 spiro atoms. The summed E-state index contributed by atoms with van der Waals surface area (Å²) in [6.07, 6.45) is 0.823. The minimum atomic E-state index is -2.07. The van der Waals surface area contributed by atoms with Gasteiger partial charge in [-0.1, -0.05) is 42.3 Å². The zero-order valence-electron chi connectivity index (χ0n) is 13.0. The van der Waals surface area contributed by atoms with E-state index >= 15 is 0 Å². The fourth-order valence-corrected chi connectivity index (χ4v) is 2.82. The van der Waals surface area contributed by atoms with E-state index in [1.807, 2.05) is 31.2 Å². The first-order valence-corrected chi connectivity index (χ1v) is 8.46. The first-order valence-electron chi connectivity index (χ1n) is 7.22. The van der Waals surface area contributed by atoms with E-state index in [0.29, 0.717) is 11.4 Å². The van der Waals surface area contributed by atoms with Gasteiger partial charge in [0.1, 0.15) is 0 Å². The molecular weight excluding hydrogens is 314 g/mol. The molecule has 5 nitrogen and oxygen atoms in total. The lowest BCUT2D eigenvalue weighted by atomic mass is 9.99. The van der Waals surface area contributed by atoms with Crippen molar-refractivity contribution in [1.82, 2.24) is 4.98 Å². The first kappa shape index (κ1) is 17.3. The topological polar surface area (TPSA) is 79.3 Å². The average Bonchev–Trinajstić information content (AvgIpc) is 2.52. The number of benzene rings is 1. The van der Waals surface area contributed by atoms with Gasteiger partial charge in [-0.2, -0.15) is 0 Å². The summed E-state index contributed by atoms with van der Waals surface area (Å²) in [6, 6.07) is 10.9. The molecule has 0 aliphatic heterocycles. The molecule has 0 N–H and O–H groups in total. The van der Waals surface area contributed by atoms with Crippen LogP contribution < -0.4 is 4.74 Å². The lowest BCUT2D eigenvalue weighted by Gasteiger charge is -2.15. The third-order valence-corrected chi connectivity index (χ3v) is 4.22. The fraction of sp³-hybridized carbons (Fsp3) is 0.294. The van der Waals surface area contributed by atoms with Crippen LogP contribution in [0.1, 0.15) is 23.0 Å². The van der Waals surface area contributed by atoms with E-state index in [1.165, 1.54) is 0 Å². The number of nitrogens with zero attached hydrogens (tertiary/aromatic N) is 1. The Kier molecular flexibility index (Phi) is 6.01. The second-order valence-electron chi connectivity index (χ2n) is 5.37. The molecule has 0 aliphatic rings. The highest BCUT2D eigenvalue weighted by molar-refractivity contribution is 7.79. The predicted octanol–water partition coefficient (Wildman–Crippen LogP) is 2.76. The molecule has 1 aromatic heterocycles. The predicted molar refractivity (Wildman–Crippen MR) is 88.2 cm³/mol. The van der Waals surface area contributed by atoms with Crippen LogP contribution in [-0.4, -0.2) is 32.4 Å². The molecule has 2 unspecified atom stereocenters. The minimum Gasteiger partial charge on any atom is -0.772 e. The number of pyridine rings is 1. The van der Waals surface area contributed by atoms with Gasteiger partial charge in [0.25, 0.3) is 0 Å². The quantitative estimate of drug-likeness (QED) is 0.575. The van der Waals surface area contributed by atoms with Crippen molar-refractivity contribution in [2.75, 3.05) is 12.4 Å². The number of hydrogen-bond donors (Lipinski definition) is 0. The zero-order valence-corrected chi connectivity index (χ0v) is 13.8. The second-order valence-corrected chi connectivity index (χ2v) is 6.31. The van der Waals surface area contributed by atoms with Gasteiger partial charge in [0.15, 0.2) is 6.29 Å². The number of aryl methyl sites for hydroxylation is 1. The molecule has 0 saturated carbocycles. The molecular formula is C17H18NO4S-. The van der Waals surface area contributed by atoms with Gasteiger partial charge in [0, 0.05) is 34.6 Å². The van der Waals surface area contributed by atoms with Crippen molar-refractivity contribution >= 4 is 17.4 Å². The van der Waals surface area contributed by atoms with Crippen molar-refractivity contribution in [1.29, 1.82) is 0 Å². The molecule has 0 bridgehead atoms. The summed E-state index contributed by atoms with van der Waals surface area (Å²) < 4.78 is 26.8. The smallest absolute Gasteiger partial charge is 0.213 e. The van der Waals surface area contributed by atoms with Gasteiger partial charge in [0.2, 0.25) is 5.88 Å².